The molecule has 0 amide bonds. The van der Waals surface area contributed by atoms with Gasteiger partial charge in [-0.05, 0) is 19.9 Å². The Morgan fingerprint density at radius 3 is 3.08 bits per heavy atom. The largest absolute Gasteiger partial charge is 0.481 e. The fourth-order valence-electron chi connectivity index (χ4n) is 1.65. The summed E-state index contributed by atoms with van der Waals surface area (Å²) in [6.07, 6.45) is 1.05. The highest BCUT2D eigenvalue weighted by molar-refractivity contribution is 5.66. The highest BCUT2D eigenvalue weighted by Crippen LogP contribution is 2.04. The van der Waals surface area contributed by atoms with Crippen LogP contribution < -0.4 is 5.32 Å². The third-order valence-corrected chi connectivity index (χ3v) is 2.47. The first-order chi connectivity index (χ1) is 6.20. The third-order valence-electron chi connectivity index (χ3n) is 2.47. The van der Waals surface area contributed by atoms with E-state index in [1.54, 1.807) is 0 Å². The van der Waals surface area contributed by atoms with Crippen molar-refractivity contribution in [2.45, 2.75) is 25.8 Å². The normalized spacial score (nSPS) is 24.5. The summed E-state index contributed by atoms with van der Waals surface area (Å²) in [4.78, 5) is 12.6. The van der Waals surface area contributed by atoms with Gasteiger partial charge in [-0.25, -0.2) is 0 Å². The molecule has 1 heterocycles. The van der Waals surface area contributed by atoms with Gasteiger partial charge in [-0.2, -0.15) is 0 Å². The Balaban J connectivity index is 2.15. The number of aliphatic carboxylic acids is 1. The van der Waals surface area contributed by atoms with Gasteiger partial charge < -0.3 is 10.4 Å². The monoisotopic (exact) mass is 186 g/mol. The maximum Gasteiger partial charge on any atom is 0.303 e. The van der Waals surface area contributed by atoms with E-state index in [4.69, 9.17) is 5.11 Å². The maximum atomic E-state index is 10.3. The van der Waals surface area contributed by atoms with Crippen LogP contribution in [0.4, 0.5) is 0 Å². The highest BCUT2D eigenvalue weighted by atomic mass is 16.4. The van der Waals surface area contributed by atoms with E-state index >= 15 is 0 Å². The molecule has 0 aromatic heterocycles. The predicted molar refractivity (Wildman–Crippen MR) is 50.8 cm³/mol. The molecule has 0 saturated carbocycles. The highest BCUT2D eigenvalue weighted by Gasteiger charge is 2.16. The SMILES string of the molecule is C[C@@H]1CNCCN1CCCC(=O)O. The lowest BCUT2D eigenvalue weighted by atomic mass is 10.2. The van der Waals surface area contributed by atoms with E-state index in [-0.39, 0.29) is 6.42 Å². The molecule has 1 saturated heterocycles. The number of carboxylic acid groups (broad SMARTS) is 1. The molecule has 0 aromatic rings. The van der Waals surface area contributed by atoms with Crippen molar-refractivity contribution in [3.63, 3.8) is 0 Å². The van der Waals surface area contributed by atoms with E-state index in [0.717, 1.165) is 32.6 Å². The first-order valence-electron chi connectivity index (χ1n) is 4.86. The van der Waals surface area contributed by atoms with Crippen molar-refractivity contribution >= 4 is 5.97 Å². The van der Waals surface area contributed by atoms with Gasteiger partial charge in [0.1, 0.15) is 0 Å². The minimum Gasteiger partial charge on any atom is -0.481 e. The Kier molecular flexibility index (Phi) is 4.18. The summed E-state index contributed by atoms with van der Waals surface area (Å²) in [7, 11) is 0. The van der Waals surface area contributed by atoms with Gasteiger partial charge in [0.15, 0.2) is 0 Å². The molecule has 0 radical (unpaired) electrons. The number of carbonyl (C=O) groups is 1. The Labute approximate surface area is 78.9 Å². The van der Waals surface area contributed by atoms with Gasteiger partial charge in [0, 0.05) is 32.1 Å². The van der Waals surface area contributed by atoms with Crippen molar-refractivity contribution < 1.29 is 9.90 Å². The molecule has 76 valence electrons. The molecule has 4 nitrogen and oxygen atoms in total. The number of carboxylic acids is 1. The van der Waals surface area contributed by atoms with Crippen LogP contribution in [0.1, 0.15) is 19.8 Å². The smallest absolute Gasteiger partial charge is 0.303 e. The number of nitrogens with one attached hydrogen (secondary N) is 1. The molecule has 0 spiro atoms. The minimum absolute atomic E-state index is 0.288. The van der Waals surface area contributed by atoms with E-state index in [1.165, 1.54) is 0 Å². The van der Waals surface area contributed by atoms with Crippen LogP contribution in [-0.2, 0) is 4.79 Å². The first-order valence-corrected chi connectivity index (χ1v) is 4.86. The average molecular weight is 186 g/mol. The van der Waals surface area contributed by atoms with Crippen molar-refractivity contribution in [3.8, 4) is 0 Å². The molecule has 1 atom stereocenters. The number of rotatable bonds is 4. The van der Waals surface area contributed by atoms with Crippen LogP contribution in [0.3, 0.4) is 0 Å². The summed E-state index contributed by atoms with van der Waals surface area (Å²) in [6.45, 7) is 6.17. The van der Waals surface area contributed by atoms with Crippen LogP contribution in [-0.4, -0.2) is 48.2 Å². The van der Waals surface area contributed by atoms with Gasteiger partial charge in [0.2, 0.25) is 0 Å². The average Bonchev–Trinajstić information content (AvgIpc) is 2.08. The van der Waals surface area contributed by atoms with Gasteiger partial charge in [0.05, 0.1) is 0 Å². The second-order valence-electron chi connectivity index (χ2n) is 3.59. The van der Waals surface area contributed by atoms with Crippen LogP contribution in [0.2, 0.25) is 0 Å². The van der Waals surface area contributed by atoms with Gasteiger partial charge in [-0.1, -0.05) is 0 Å². The molecule has 1 aliphatic heterocycles. The lowest BCUT2D eigenvalue weighted by Crippen LogP contribution is -2.49. The van der Waals surface area contributed by atoms with Crippen LogP contribution in [0.5, 0.6) is 0 Å². The van der Waals surface area contributed by atoms with E-state index < -0.39 is 5.97 Å². The Morgan fingerprint density at radius 2 is 2.46 bits per heavy atom. The minimum atomic E-state index is -0.692. The second-order valence-corrected chi connectivity index (χ2v) is 3.59. The summed E-state index contributed by atoms with van der Waals surface area (Å²) in [5.74, 6) is -0.692. The van der Waals surface area contributed by atoms with Crippen molar-refractivity contribution in [1.82, 2.24) is 10.2 Å². The molecule has 1 rings (SSSR count). The standard InChI is InChI=1S/C9H18N2O2/c1-8-7-10-4-6-11(8)5-2-3-9(12)13/h8,10H,2-7H2,1H3,(H,12,13)/t8-/m1/s1. The molecule has 0 bridgehead atoms. The van der Waals surface area contributed by atoms with Crippen LogP contribution >= 0.6 is 0 Å². The number of nitrogens with zero attached hydrogens (tertiary/aromatic N) is 1. The number of hydrogen-bond acceptors (Lipinski definition) is 3. The number of piperazine rings is 1. The van der Waals surface area contributed by atoms with Crippen molar-refractivity contribution in [2.24, 2.45) is 0 Å². The fourth-order valence-corrected chi connectivity index (χ4v) is 1.65. The summed E-state index contributed by atoms with van der Waals surface area (Å²) < 4.78 is 0. The molecular formula is C9H18N2O2. The van der Waals surface area contributed by atoms with Crippen molar-refractivity contribution in [1.29, 1.82) is 0 Å². The zero-order valence-corrected chi connectivity index (χ0v) is 8.12. The van der Waals surface area contributed by atoms with Gasteiger partial charge in [0.25, 0.3) is 0 Å². The first kappa shape index (κ1) is 10.5. The molecule has 4 heteroatoms. The predicted octanol–water partition coefficient (Wildman–Crippen LogP) is 0.145. The molecule has 0 aliphatic carbocycles. The van der Waals surface area contributed by atoms with Crippen molar-refractivity contribution in [2.75, 3.05) is 26.2 Å². The number of hydrogen-bond donors (Lipinski definition) is 2. The molecule has 0 aromatic carbocycles. The lowest BCUT2D eigenvalue weighted by Gasteiger charge is -2.33. The van der Waals surface area contributed by atoms with Crippen LogP contribution in [0, 0.1) is 0 Å². The fraction of sp³-hybridized carbons (Fsp3) is 0.889. The summed E-state index contributed by atoms with van der Waals surface area (Å²) in [5, 5.41) is 11.8. The zero-order valence-electron chi connectivity index (χ0n) is 8.12. The quantitative estimate of drug-likeness (QED) is 0.656. The van der Waals surface area contributed by atoms with Crippen molar-refractivity contribution in [3.05, 3.63) is 0 Å². The molecular weight excluding hydrogens is 168 g/mol. The summed E-state index contributed by atoms with van der Waals surface area (Å²) in [5.41, 5.74) is 0. The van der Waals surface area contributed by atoms with Crippen LogP contribution in [0.25, 0.3) is 0 Å². The van der Waals surface area contributed by atoms with E-state index in [0.29, 0.717) is 6.04 Å². The molecule has 0 unspecified atom stereocenters. The van der Waals surface area contributed by atoms with E-state index in [9.17, 15) is 4.79 Å². The zero-order chi connectivity index (χ0) is 9.68. The molecule has 13 heavy (non-hydrogen) atoms. The van der Waals surface area contributed by atoms with Gasteiger partial charge in [-0.15, -0.1) is 0 Å². The van der Waals surface area contributed by atoms with Gasteiger partial charge >= 0.3 is 5.97 Å². The maximum absolute atomic E-state index is 10.3. The molecule has 1 fully saturated rings. The van der Waals surface area contributed by atoms with Crippen LogP contribution in [0.15, 0.2) is 0 Å². The summed E-state index contributed by atoms with van der Waals surface area (Å²) >= 11 is 0. The molecule has 1 aliphatic rings. The van der Waals surface area contributed by atoms with Gasteiger partial charge in [-0.3, -0.25) is 9.69 Å². The summed E-state index contributed by atoms with van der Waals surface area (Å²) in [6, 6.07) is 0.544. The topological polar surface area (TPSA) is 52.6 Å². The van der Waals surface area contributed by atoms with E-state index in [2.05, 4.69) is 17.1 Å². The Bertz CT molecular complexity index is 173. The second kappa shape index (κ2) is 5.19. The molecule has 2 N–H and O–H groups in total. The Hall–Kier alpha value is -0.610. The third kappa shape index (κ3) is 3.74. The van der Waals surface area contributed by atoms with E-state index in [1.807, 2.05) is 0 Å². The Morgan fingerprint density at radius 1 is 1.69 bits per heavy atom. The lowest BCUT2D eigenvalue weighted by molar-refractivity contribution is -0.137.